The maximum atomic E-state index is 13.2. The third-order valence-corrected chi connectivity index (χ3v) is 6.95. The number of nitrogens with zero attached hydrogens (tertiary/aromatic N) is 4. The lowest BCUT2D eigenvalue weighted by atomic mass is 9.95. The Morgan fingerprint density at radius 3 is 2.27 bits per heavy atom. The summed E-state index contributed by atoms with van der Waals surface area (Å²) in [5.41, 5.74) is 1.97. The average Bonchev–Trinajstić information content (AvgIpc) is 3.00. The van der Waals surface area contributed by atoms with Gasteiger partial charge >= 0.3 is 0 Å². The van der Waals surface area contributed by atoms with Crippen molar-refractivity contribution in [3.63, 3.8) is 0 Å². The van der Waals surface area contributed by atoms with E-state index in [1.807, 2.05) is 11.8 Å². The van der Waals surface area contributed by atoms with Crippen LogP contribution in [0.1, 0.15) is 49.8 Å². The summed E-state index contributed by atoms with van der Waals surface area (Å²) >= 11 is 6.50. The van der Waals surface area contributed by atoms with E-state index in [0.717, 1.165) is 25.9 Å². The van der Waals surface area contributed by atoms with E-state index >= 15 is 0 Å². The van der Waals surface area contributed by atoms with E-state index in [1.165, 1.54) is 35.7 Å². The van der Waals surface area contributed by atoms with E-state index in [9.17, 15) is 14.0 Å². The lowest BCUT2D eigenvalue weighted by Crippen LogP contribution is -2.44. The van der Waals surface area contributed by atoms with Crippen molar-refractivity contribution in [2.24, 2.45) is 5.92 Å². The van der Waals surface area contributed by atoms with E-state index < -0.39 is 0 Å². The molecule has 2 amide bonds. The lowest BCUT2D eigenvalue weighted by Gasteiger charge is -2.33. The first-order chi connectivity index (χ1) is 15.9. The minimum atomic E-state index is -0.332. The van der Waals surface area contributed by atoms with Crippen molar-refractivity contribution in [3.8, 4) is 5.69 Å². The second kappa shape index (κ2) is 10.5. The van der Waals surface area contributed by atoms with Crippen molar-refractivity contribution in [1.82, 2.24) is 19.6 Å². The SMILES string of the molecule is Cc1nn(-c2ccc(F)cc2)c(Cl)c1/C=C/C(=O)N1CCC(C(=O)N2CCCCCC2)CC1. The molecular weight excluding hydrogens is 443 g/mol. The van der Waals surface area contributed by atoms with E-state index in [1.54, 1.807) is 23.1 Å². The standard InChI is InChI=1S/C25H30ClFN4O2/c1-18-22(24(26)31(28-18)21-8-6-20(27)7-9-21)10-11-23(32)29-16-12-19(13-17-29)25(33)30-14-4-2-3-5-15-30/h6-11,19H,2-5,12-17H2,1H3/b11-10+. The molecule has 0 radical (unpaired) electrons. The Morgan fingerprint density at radius 1 is 1.00 bits per heavy atom. The molecule has 33 heavy (non-hydrogen) atoms. The van der Waals surface area contributed by atoms with Gasteiger partial charge in [0.2, 0.25) is 11.8 Å². The summed E-state index contributed by atoms with van der Waals surface area (Å²) in [5.74, 6) is -0.154. The predicted molar refractivity (Wildman–Crippen MR) is 127 cm³/mol. The van der Waals surface area contributed by atoms with Gasteiger partial charge < -0.3 is 9.80 Å². The van der Waals surface area contributed by atoms with E-state index in [0.29, 0.717) is 48.0 Å². The highest BCUT2D eigenvalue weighted by atomic mass is 35.5. The summed E-state index contributed by atoms with van der Waals surface area (Å²) in [6.45, 7) is 4.71. The second-order valence-electron chi connectivity index (χ2n) is 8.85. The molecule has 1 aromatic heterocycles. The van der Waals surface area contributed by atoms with Crippen LogP contribution in [0.3, 0.4) is 0 Å². The maximum absolute atomic E-state index is 13.2. The average molecular weight is 473 g/mol. The number of benzene rings is 1. The highest BCUT2D eigenvalue weighted by Gasteiger charge is 2.30. The number of aromatic nitrogens is 2. The van der Waals surface area contributed by atoms with Crippen LogP contribution < -0.4 is 0 Å². The minimum Gasteiger partial charge on any atom is -0.342 e. The summed E-state index contributed by atoms with van der Waals surface area (Å²) in [5, 5.41) is 4.79. The molecule has 0 bridgehead atoms. The first-order valence-corrected chi connectivity index (χ1v) is 12.1. The van der Waals surface area contributed by atoms with E-state index in [-0.39, 0.29) is 23.5 Å². The van der Waals surface area contributed by atoms with Crippen LogP contribution in [0.2, 0.25) is 5.15 Å². The smallest absolute Gasteiger partial charge is 0.246 e. The van der Waals surface area contributed by atoms with Gasteiger partial charge in [-0.15, -0.1) is 0 Å². The van der Waals surface area contributed by atoms with Gasteiger partial charge in [-0.05, 0) is 62.9 Å². The summed E-state index contributed by atoms with van der Waals surface area (Å²) in [6.07, 6.45) is 9.20. The number of halogens is 2. The number of hydrogen-bond acceptors (Lipinski definition) is 3. The Labute approximate surface area is 199 Å². The van der Waals surface area contributed by atoms with E-state index in [2.05, 4.69) is 5.10 Å². The number of likely N-dealkylation sites (tertiary alicyclic amines) is 2. The molecule has 0 atom stereocenters. The Bertz CT molecular complexity index is 1020. The third kappa shape index (κ3) is 5.46. The number of carbonyl (C=O) groups excluding carboxylic acids is 2. The van der Waals surface area contributed by atoms with Crippen molar-refractivity contribution in [1.29, 1.82) is 0 Å². The topological polar surface area (TPSA) is 58.4 Å². The number of aryl methyl sites for hydroxylation is 1. The van der Waals surface area contributed by atoms with Crippen molar-refractivity contribution in [2.45, 2.75) is 45.4 Å². The zero-order valence-corrected chi connectivity index (χ0v) is 19.7. The van der Waals surface area contributed by atoms with Crippen LogP contribution >= 0.6 is 11.6 Å². The zero-order chi connectivity index (χ0) is 23.4. The van der Waals surface area contributed by atoms with Gasteiger partial charge in [0.1, 0.15) is 11.0 Å². The molecule has 3 heterocycles. The predicted octanol–water partition coefficient (Wildman–Crippen LogP) is 4.63. The molecule has 0 spiro atoms. The van der Waals surface area contributed by atoms with Crippen LogP contribution in [0.5, 0.6) is 0 Å². The van der Waals surface area contributed by atoms with Crippen LogP contribution in [-0.4, -0.2) is 57.6 Å². The molecule has 4 rings (SSSR count). The molecule has 0 aliphatic carbocycles. The Morgan fingerprint density at radius 2 is 1.64 bits per heavy atom. The first-order valence-electron chi connectivity index (χ1n) is 11.7. The Kier molecular flexibility index (Phi) is 7.48. The zero-order valence-electron chi connectivity index (χ0n) is 19.0. The van der Waals surface area contributed by atoms with Gasteiger partial charge in [-0.3, -0.25) is 9.59 Å². The molecule has 0 unspecified atom stereocenters. The molecule has 176 valence electrons. The maximum Gasteiger partial charge on any atom is 0.246 e. The van der Waals surface area contributed by atoms with Crippen LogP contribution in [0, 0.1) is 18.7 Å². The molecule has 2 aliphatic rings. The summed E-state index contributed by atoms with van der Waals surface area (Å²) in [7, 11) is 0. The van der Waals surface area contributed by atoms with Gasteiger partial charge in [0, 0.05) is 43.7 Å². The molecule has 1 aromatic carbocycles. The van der Waals surface area contributed by atoms with Crippen molar-refractivity contribution in [3.05, 3.63) is 52.6 Å². The van der Waals surface area contributed by atoms with Crippen LogP contribution in [0.15, 0.2) is 30.3 Å². The molecule has 0 N–H and O–H groups in total. The van der Waals surface area contributed by atoms with Crippen molar-refractivity contribution in [2.75, 3.05) is 26.2 Å². The third-order valence-electron chi connectivity index (χ3n) is 6.59. The number of carbonyl (C=O) groups is 2. The molecule has 2 aliphatic heterocycles. The number of piperidine rings is 1. The van der Waals surface area contributed by atoms with Crippen molar-refractivity contribution < 1.29 is 14.0 Å². The van der Waals surface area contributed by atoms with E-state index in [4.69, 9.17) is 11.6 Å². The monoisotopic (exact) mass is 472 g/mol. The number of rotatable bonds is 4. The molecule has 2 saturated heterocycles. The highest BCUT2D eigenvalue weighted by Crippen LogP contribution is 2.26. The lowest BCUT2D eigenvalue weighted by molar-refractivity contribution is -0.139. The van der Waals surface area contributed by atoms with Gasteiger partial charge in [0.25, 0.3) is 0 Å². The fourth-order valence-electron chi connectivity index (χ4n) is 4.61. The quantitative estimate of drug-likeness (QED) is 0.610. The molecule has 2 fully saturated rings. The summed E-state index contributed by atoms with van der Waals surface area (Å²) < 4.78 is 14.7. The van der Waals surface area contributed by atoms with Gasteiger partial charge in [-0.2, -0.15) is 5.10 Å². The molecule has 6 nitrogen and oxygen atoms in total. The van der Waals surface area contributed by atoms with Gasteiger partial charge in [-0.1, -0.05) is 24.4 Å². The normalized spacial score (nSPS) is 18.0. The van der Waals surface area contributed by atoms with Crippen LogP contribution in [0.4, 0.5) is 4.39 Å². The molecule has 8 heteroatoms. The molecule has 0 saturated carbocycles. The fourth-order valence-corrected chi connectivity index (χ4v) is 4.95. The largest absolute Gasteiger partial charge is 0.342 e. The van der Waals surface area contributed by atoms with Crippen LogP contribution in [0.25, 0.3) is 11.8 Å². The van der Waals surface area contributed by atoms with Crippen LogP contribution in [-0.2, 0) is 9.59 Å². The number of hydrogen-bond donors (Lipinski definition) is 0. The van der Waals surface area contributed by atoms with Gasteiger partial charge in [-0.25, -0.2) is 9.07 Å². The Hall–Kier alpha value is -2.67. The summed E-state index contributed by atoms with van der Waals surface area (Å²) in [6, 6.07) is 5.90. The second-order valence-corrected chi connectivity index (χ2v) is 9.21. The molecular formula is C25H30ClFN4O2. The minimum absolute atomic E-state index is 0.0155. The van der Waals surface area contributed by atoms with Crippen molar-refractivity contribution >= 4 is 29.5 Å². The highest BCUT2D eigenvalue weighted by molar-refractivity contribution is 6.31. The summed E-state index contributed by atoms with van der Waals surface area (Å²) in [4.78, 5) is 29.4. The first kappa shape index (κ1) is 23.5. The van der Waals surface area contributed by atoms with Gasteiger partial charge in [0.05, 0.1) is 11.4 Å². The Balaban J connectivity index is 1.36. The fraction of sp³-hybridized carbons (Fsp3) is 0.480. The number of amides is 2. The van der Waals surface area contributed by atoms with Gasteiger partial charge in [0.15, 0.2) is 0 Å². The molecule has 2 aromatic rings.